The van der Waals surface area contributed by atoms with Crippen molar-refractivity contribution >= 4 is 5.84 Å². The quantitative estimate of drug-likeness (QED) is 0.313. The van der Waals surface area contributed by atoms with Gasteiger partial charge in [-0.3, -0.25) is 5.41 Å². The van der Waals surface area contributed by atoms with Gasteiger partial charge in [0.05, 0.1) is 6.61 Å². The van der Waals surface area contributed by atoms with E-state index in [9.17, 15) is 0 Å². The number of rotatable bonds is 3. The summed E-state index contributed by atoms with van der Waals surface area (Å²) in [4.78, 5) is 0. The van der Waals surface area contributed by atoms with Gasteiger partial charge >= 0.3 is 0 Å². The zero-order valence-corrected chi connectivity index (χ0v) is 6.26. The fourth-order valence-corrected chi connectivity index (χ4v) is 0.507. The van der Waals surface area contributed by atoms with Gasteiger partial charge in [0.15, 0.2) is 0 Å². The lowest BCUT2D eigenvalue weighted by Gasteiger charge is -2.26. The summed E-state index contributed by atoms with van der Waals surface area (Å²) in [6, 6.07) is 0. The van der Waals surface area contributed by atoms with Crippen LogP contribution in [0.4, 0.5) is 0 Å². The Labute approximate surface area is 60.2 Å². The highest BCUT2D eigenvalue weighted by Crippen LogP contribution is 2.18. The molecule has 0 bridgehead atoms. The van der Waals surface area contributed by atoms with Gasteiger partial charge < -0.3 is 15.9 Å². The van der Waals surface area contributed by atoms with Crippen molar-refractivity contribution in [3.63, 3.8) is 0 Å². The third-order valence-electron chi connectivity index (χ3n) is 1.44. The summed E-state index contributed by atoms with van der Waals surface area (Å²) in [6.07, 6.45) is -1.06. The van der Waals surface area contributed by atoms with Crippen LogP contribution in [0.2, 0.25) is 0 Å². The summed E-state index contributed by atoms with van der Waals surface area (Å²) in [7, 11) is 0. The predicted molar refractivity (Wildman–Crippen MR) is 38.8 cm³/mol. The van der Waals surface area contributed by atoms with Crippen LogP contribution in [0.25, 0.3) is 0 Å². The minimum absolute atomic E-state index is 0.187. The number of aliphatic hydroxyl groups is 2. The molecule has 0 aromatic carbocycles. The molecular formula is C6H14N2O2. The van der Waals surface area contributed by atoms with Crippen molar-refractivity contribution in [3.05, 3.63) is 0 Å². The van der Waals surface area contributed by atoms with E-state index < -0.39 is 11.5 Å². The topological polar surface area (TPSA) is 90.3 Å². The van der Waals surface area contributed by atoms with Crippen LogP contribution < -0.4 is 5.73 Å². The molecule has 0 aromatic rings. The first kappa shape index (κ1) is 9.39. The fourth-order valence-electron chi connectivity index (χ4n) is 0.507. The van der Waals surface area contributed by atoms with Crippen molar-refractivity contribution in [2.24, 2.45) is 11.1 Å². The van der Waals surface area contributed by atoms with Crippen molar-refractivity contribution in [1.82, 2.24) is 0 Å². The van der Waals surface area contributed by atoms with Crippen molar-refractivity contribution in [2.45, 2.75) is 20.0 Å². The molecule has 1 atom stereocenters. The molecule has 0 rings (SSSR count). The van der Waals surface area contributed by atoms with Gasteiger partial charge in [-0.2, -0.15) is 0 Å². The van der Waals surface area contributed by atoms with Gasteiger partial charge in [-0.1, -0.05) is 13.8 Å². The van der Waals surface area contributed by atoms with Crippen molar-refractivity contribution in [2.75, 3.05) is 6.61 Å². The largest absolute Gasteiger partial charge is 0.396 e. The summed E-state index contributed by atoms with van der Waals surface area (Å²) < 4.78 is 0. The van der Waals surface area contributed by atoms with Gasteiger partial charge in [-0.15, -0.1) is 0 Å². The van der Waals surface area contributed by atoms with E-state index in [2.05, 4.69) is 0 Å². The van der Waals surface area contributed by atoms with Crippen LogP contribution in [-0.4, -0.2) is 28.8 Å². The standard InChI is InChI=1S/C6H14N2O2/c1-6(2,3-9)4(10)5(7)8/h4,9-10H,3H2,1-2H3,(H3,7,8)/t4-/m0/s1. The molecule has 0 spiro atoms. The summed E-state index contributed by atoms with van der Waals surface area (Å²) >= 11 is 0. The van der Waals surface area contributed by atoms with Crippen molar-refractivity contribution < 1.29 is 10.2 Å². The average molecular weight is 146 g/mol. The number of hydrogen-bond acceptors (Lipinski definition) is 3. The molecule has 4 nitrogen and oxygen atoms in total. The molecule has 4 heteroatoms. The number of aliphatic hydroxyl groups excluding tert-OH is 2. The van der Waals surface area contributed by atoms with E-state index in [1.165, 1.54) is 0 Å². The van der Waals surface area contributed by atoms with Crippen LogP contribution in [0, 0.1) is 10.8 Å². The monoisotopic (exact) mass is 146 g/mol. The van der Waals surface area contributed by atoms with E-state index in [-0.39, 0.29) is 12.4 Å². The van der Waals surface area contributed by atoms with E-state index in [0.717, 1.165) is 0 Å². The van der Waals surface area contributed by atoms with Gasteiger partial charge in [0.1, 0.15) is 11.9 Å². The number of nitrogens with one attached hydrogen (secondary N) is 1. The molecular weight excluding hydrogens is 132 g/mol. The zero-order chi connectivity index (χ0) is 8.36. The van der Waals surface area contributed by atoms with Crippen molar-refractivity contribution in [3.8, 4) is 0 Å². The third kappa shape index (κ3) is 1.97. The molecule has 5 N–H and O–H groups in total. The van der Waals surface area contributed by atoms with Gasteiger partial charge in [-0.25, -0.2) is 0 Å². The van der Waals surface area contributed by atoms with E-state index in [1.807, 2.05) is 0 Å². The second-order valence-corrected chi connectivity index (χ2v) is 3.00. The molecule has 0 aliphatic rings. The number of nitrogens with two attached hydrogens (primary N) is 1. The van der Waals surface area contributed by atoms with Crippen LogP contribution in [0.15, 0.2) is 0 Å². The molecule has 0 saturated carbocycles. The lowest BCUT2D eigenvalue weighted by atomic mass is 9.87. The fraction of sp³-hybridized carbons (Fsp3) is 0.833. The molecule has 0 aromatic heterocycles. The maximum atomic E-state index is 9.14. The Morgan fingerprint density at radius 1 is 1.70 bits per heavy atom. The first-order valence-corrected chi connectivity index (χ1v) is 3.04. The summed E-state index contributed by atoms with van der Waals surface area (Å²) in [5.74, 6) is -0.306. The molecule has 0 amide bonds. The van der Waals surface area contributed by atoms with Crippen LogP contribution in [0.1, 0.15) is 13.8 Å². The Morgan fingerprint density at radius 3 is 2.20 bits per heavy atom. The molecule has 0 aliphatic carbocycles. The van der Waals surface area contributed by atoms with E-state index in [1.54, 1.807) is 13.8 Å². The molecule has 0 heterocycles. The summed E-state index contributed by atoms with van der Waals surface area (Å²) in [5, 5.41) is 24.7. The second-order valence-electron chi connectivity index (χ2n) is 3.00. The number of amidine groups is 1. The Kier molecular flexibility index (Phi) is 2.80. The number of hydrogen-bond donors (Lipinski definition) is 4. The molecule has 0 saturated heterocycles. The highest BCUT2D eigenvalue weighted by atomic mass is 16.3. The van der Waals surface area contributed by atoms with Crippen LogP contribution in [0.3, 0.4) is 0 Å². The molecule has 0 unspecified atom stereocenters. The first-order valence-electron chi connectivity index (χ1n) is 3.04. The predicted octanol–water partition coefficient (Wildman–Crippen LogP) is -0.698. The second kappa shape index (κ2) is 2.98. The minimum atomic E-state index is -1.06. The summed E-state index contributed by atoms with van der Waals surface area (Å²) in [5.41, 5.74) is 4.30. The highest BCUT2D eigenvalue weighted by Gasteiger charge is 2.28. The van der Waals surface area contributed by atoms with Gasteiger partial charge in [0, 0.05) is 5.41 Å². The Morgan fingerprint density at radius 2 is 2.10 bits per heavy atom. The molecule has 0 fully saturated rings. The normalized spacial score (nSPS) is 14.8. The Balaban J connectivity index is 4.17. The van der Waals surface area contributed by atoms with Crippen LogP contribution in [-0.2, 0) is 0 Å². The van der Waals surface area contributed by atoms with Crippen molar-refractivity contribution in [1.29, 1.82) is 5.41 Å². The van der Waals surface area contributed by atoms with E-state index in [4.69, 9.17) is 21.4 Å². The van der Waals surface area contributed by atoms with Crippen LogP contribution in [0.5, 0.6) is 0 Å². The Hall–Kier alpha value is -0.610. The maximum Gasteiger partial charge on any atom is 0.121 e. The first-order chi connectivity index (χ1) is 4.41. The minimum Gasteiger partial charge on any atom is -0.396 e. The molecule has 10 heavy (non-hydrogen) atoms. The lowest BCUT2D eigenvalue weighted by molar-refractivity contribution is 0.0488. The third-order valence-corrected chi connectivity index (χ3v) is 1.44. The van der Waals surface area contributed by atoms with Gasteiger partial charge in [0.25, 0.3) is 0 Å². The molecule has 0 radical (unpaired) electrons. The smallest absolute Gasteiger partial charge is 0.121 e. The maximum absolute atomic E-state index is 9.14. The SMILES string of the molecule is CC(C)(CO)[C@@H](O)C(=N)N. The van der Waals surface area contributed by atoms with Gasteiger partial charge in [-0.05, 0) is 0 Å². The molecule has 60 valence electrons. The van der Waals surface area contributed by atoms with Crippen LogP contribution >= 0.6 is 0 Å². The molecule has 0 aliphatic heterocycles. The Bertz CT molecular complexity index is 134. The van der Waals surface area contributed by atoms with E-state index in [0.29, 0.717) is 0 Å². The average Bonchev–Trinajstić information content (AvgIpc) is 1.86. The lowest BCUT2D eigenvalue weighted by Crippen LogP contribution is -2.42. The van der Waals surface area contributed by atoms with Gasteiger partial charge in [0.2, 0.25) is 0 Å². The highest BCUT2D eigenvalue weighted by molar-refractivity contribution is 5.82. The zero-order valence-electron chi connectivity index (χ0n) is 6.26. The van der Waals surface area contributed by atoms with E-state index >= 15 is 0 Å². The summed E-state index contributed by atoms with van der Waals surface area (Å²) in [6.45, 7) is 3.09.